The summed E-state index contributed by atoms with van der Waals surface area (Å²) in [5.41, 5.74) is 2.39. The third-order valence-electron chi connectivity index (χ3n) is 5.71. The van der Waals surface area contributed by atoms with E-state index in [2.05, 4.69) is 6.07 Å². The van der Waals surface area contributed by atoms with E-state index in [1.165, 1.54) is 24.8 Å². The van der Waals surface area contributed by atoms with E-state index in [0.29, 0.717) is 11.7 Å². The third-order valence-corrected chi connectivity index (χ3v) is 5.71. The molecule has 0 bridgehead atoms. The van der Waals surface area contributed by atoms with Gasteiger partial charge in [0.15, 0.2) is 5.78 Å². The minimum absolute atomic E-state index is 0.153. The summed E-state index contributed by atoms with van der Waals surface area (Å²) in [6.07, 6.45) is 8.01. The second kappa shape index (κ2) is 4.70. The average Bonchev–Trinajstić information content (AvgIpc) is 2.46. The zero-order chi connectivity index (χ0) is 13.6. The van der Waals surface area contributed by atoms with Gasteiger partial charge in [-0.25, -0.2) is 0 Å². The molecule has 1 heterocycles. The quantitative estimate of drug-likeness (QED) is 0.776. The Morgan fingerprint density at radius 3 is 2.80 bits per heavy atom. The summed E-state index contributed by atoms with van der Waals surface area (Å²) < 4.78 is 6.02. The zero-order valence-corrected chi connectivity index (χ0v) is 11.9. The van der Waals surface area contributed by atoms with Gasteiger partial charge in [-0.15, -0.1) is 0 Å². The Kier molecular flexibility index (Phi) is 2.95. The molecule has 4 rings (SSSR count). The SMILES string of the molecule is O=C1c2ccccc2CCC1C1CCOC2(CCC2)C1. The van der Waals surface area contributed by atoms with Crippen LogP contribution in [0.15, 0.2) is 24.3 Å². The first-order valence-electron chi connectivity index (χ1n) is 8.04. The van der Waals surface area contributed by atoms with E-state index < -0.39 is 0 Å². The first-order chi connectivity index (χ1) is 9.77. The molecule has 3 aliphatic rings. The van der Waals surface area contributed by atoms with E-state index in [1.807, 2.05) is 18.2 Å². The summed E-state index contributed by atoms with van der Waals surface area (Å²) in [6, 6.07) is 8.17. The number of rotatable bonds is 1. The van der Waals surface area contributed by atoms with Crippen LogP contribution in [0.1, 0.15) is 54.4 Å². The van der Waals surface area contributed by atoms with E-state index in [-0.39, 0.29) is 11.5 Å². The second-order valence-corrected chi connectivity index (χ2v) is 6.80. The van der Waals surface area contributed by atoms with Crippen molar-refractivity contribution in [3.63, 3.8) is 0 Å². The van der Waals surface area contributed by atoms with Crippen LogP contribution in [0.3, 0.4) is 0 Å². The molecule has 1 saturated carbocycles. The lowest BCUT2D eigenvalue weighted by atomic mass is 9.66. The molecule has 2 atom stereocenters. The van der Waals surface area contributed by atoms with E-state index in [1.54, 1.807) is 0 Å². The fourth-order valence-corrected chi connectivity index (χ4v) is 4.40. The van der Waals surface area contributed by atoms with E-state index in [0.717, 1.165) is 37.9 Å². The van der Waals surface area contributed by atoms with Gasteiger partial charge < -0.3 is 4.74 Å². The maximum absolute atomic E-state index is 12.8. The molecule has 0 aromatic heterocycles. The molecular formula is C18H22O2. The van der Waals surface area contributed by atoms with Crippen LogP contribution in [0.2, 0.25) is 0 Å². The molecule has 2 unspecified atom stereocenters. The molecule has 0 amide bonds. The number of carbonyl (C=O) groups excluding carboxylic acids is 1. The molecule has 0 radical (unpaired) electrons. The summed E-state index contributed by atoms with van der Waals surface area (Å²) in [5.74, 6) is 1.18. The van der Waals surface area contributed by atoms with E-state index in [4.69, 9.17) is 4.74 Å². The van der Waals surface area contributed by atoms with Gasteiger partial charge in [-0.2, -0.15) is 0 Å². The van der Waals surface area contributed by atoms with Crippen molar-refractivity contribution in [1.29, 1.82) is 0 Å². The molecule has 106 valence electrons. The molecule has 2 heteroatoms. The normalized spacial score (nSPS) is 31.7. The minimum Gasteiger partial charge on any atom is -0.375 e. The maximum Gasteiger partial charge on any atom is 0.166 e. The Labute approximate surface area is 120 Å². The predicted octanol–water partition coefficient (Wildman–Crippen LogP) is 3.78. The fraction of sp³-hybridized carbons (Fsp3) is 0.611. The number of hydrogen-bond donors (Lipinski definition) is 0. The van der Waals surface area contributed by atoms with Crippen molar-refractivity contribution < 1.29 is 9.53 Å². The van der Waals surface area contributed by atoms with Gasteiger partial charge in [0, 0.05) is 18.1 Å². The number of benzene rings is 1. The smallest absolute Gasteiger partial charge is 0.166 e. The maximum atomic E-state index is 12.8. The van der Waals surface area contributed by atoms with Crippen molar-refractivity contribution in [2.24, 2.45) is 11.8 Å². The molecule has 1 saturated heterocycles. The Morgan fingerprint density at radius 2 is 2.00 bits per heavy atom. The molecule has 1 aromatic rings. The monoisotopic (exact) mass is 270 g/mol. The van der Waals surface area contributed by atoms with Crippen LogP contribution in [-0.2, 0) is 11.2 Å². The predicted molar refractivity (Wildman–Crippen MR) is 77.8 cm³/mol. The minimum atomic E-state index is 0.153. The lowest BCUT2D eigenvalue weighted by Crippen LogP contribution is -2.48. The molecule has 1 aromatic carbocycles. The van der Waals surface area contributed by atoms with Crippen LogP contribution >= 0.6 is 0 Å². The Balaban J connectivity index is 1.56. The Morgan fingerprint density at radius 1 is 1.15 bits per heavy atom. The fourth-order valence-electron chi connectivity index (χ4n) is 4.40. The van der Waals surface area contributed by atoms with Gasteiger partial charge in [0.05, 0.1) is 5.60 Å². The van der Waals surface area contributed by atoms with Gasteiger partial charge in [-0.1, -0.05) is 24.3 Å². The summed E-state index contributed by atoms with van der Waals surface area (Å²) in [5, 5.41) is 0. The van der Waals surface area contributed by atoms with Crippen LogP contribution in [0.25, 0.3) is 0 Å². The Bertz CT molecular complexity index is 530. The number of carbonyl (C=O) groups is 1. The van der Waals surface area contributed by atoms with Crippen molar-refractivity contribution >= 4 is 5.78 Å². The molecule has 1 aliphatic heterocycles. The van der Waals surface area contributed by atoms with Gasteiger partial charge in [0.25, 0.3) is 0 Å². The molecule has 20 heavy (non-hydrogen) atoms. The molecule has 1 spiro atoms. The van der Waals surface area contributed by atoms with Crippen molar-refractivity contribution in [3.8, 4) is 0 Å². The zero-order valence-electron chi connectivity index (χ0n) is 11.9. The van der Waals surface area contributed by atoms with Crippen molar-refractivity contribution in [2.75, 3.05) is 6.61 Å². The van der Waals surface area contributed by atoms with Crippen molar-refractivity contribution in [2.45, 2.75) is 50.5 Å². The summed E-state index contributed by atoms with van der Waals surface area (Å²) in [6.45, 7) is 0.857. The number of ether oxygens (including phenoxy) is 1. The number of Topliss-reactive ketones (excluding diaryl/α,β-unsaturated/α-hetero) is 1. The van der Waals surface area contributed by atoms with Crippen LogP contribution in [0.5, 0.6) is 0 Å². The topological polar surface area (TPSA) is 26.3 Å². The highest BCUT2D eigenvalue weighted by molar-refractivity contribution is 6.00. The van der Waals surface area contributed by atoms with E-state index >= 15 is 0 Å². The Hall–Kier alpha value is -1.15. The lowest BCUT2D eigenvalue weighted by molar-refractivity contribution is -0.148. The van der Waals surface area contributed by atoms with Crippen molar-refractivity contribution in [1.82, 2.24) is 0 Å². The molecule has 2 aliphatic carbocycles. The van der Waals surface area contributed by atoms with Gasteiger partial charge in [-0.3, -0.25) is 4.79 Å². The second-order valence-electron chi connectivity index (χ2n) is 6.80. The summed E-state index contributed by atoms with van der Waals surface area (Å²) >= 11 is 0. The molecular weight excluding hydrogens is 248 g/mol. The number of fused-ring (bicyclic) bond motifs is 1. The highest BCUT2D eigenvalue weighted by Crippen LogP contribution is 2.47. The number of hydrogen-bond acceptors (Lipinski definition) is 2. The average molecular weight is 270 g/mol. The number of aryl methyl sites for hydroxylation is 1. The van der Waals surface area contributed by atoms with Gasteiger partial charge in [0.1, 0.15) is 0 Å². The highest BCUT2D eigenvalue weighted by atomic mass is 16.5. The van der Waals surface area contributed by atoms with Crippen LogP contribution in [0.4, 0.5) is 0 Å². The summed E-state index contributed by atoms with van der Waals surface area (Å²) in [7, 11) is 0. The van der Waals surface area contributed by atoms with Crippen LogP contribution < -0.4 is 0 Å². The third kappa shape index (κ3) is 1.93. The molecule has 0 N–H and O–H groups in total. The van der Waals surface area contributed by atoms with Crippen LogP contribution in [-0.4, -0.2) is 18.0 Å². The van der Waals surface area contributed by atoms with Gasteiger partial charge in [-0.05, 0) is 56.4 Å². The van der Waals surface area contributed by atoms with Crippen LogP contribution in [0, 0.1) is 11.8 Å². The summed E-state index contributed by atoms with van der Waals surface area (Å²) in [4.78, 5) is 12.8. The van der Waals surface area contributed by atoms with Gasteiger partial charge in [0.2, 0.25) is 0 Å². The first kappa shape index (κ1) is 12.6. The van der Waals surface area contributed by atoms with Crippen molar-refractivity contribution in [3.05, 3.63) is 35.4 Å². The first-order valence-corrected chi connectivity index (χ1v) is 8.04. The van der Waals surface area contributed by atoms with E-state index in [9.17, 15) is 4.79 Å². The largest absolute Gasteiger partial charge is 0.375 e. The molecule has 2 nitrogen and oxygen atoms in total. The number of ketones is 1. The molecule has 2 fully saturated rings. The lowest BCUT2D eigenvalue weighted by Gasteiger charge is -2.49. The van der Waals surface area contributed by atoms with Gasteiger partial charge >= 0.3 is 0 Å². The highest BCUT2D eigenvalue weighted by Gasteiger charge is 2.46. The standard InChI is InChI=1S/C18H22O2/c19-17-15-5-2-1-4-13(15)6-7-16(17)14-8-11-20-18(12-14)9-3-10-18/h1-2,4-5,14,16H,3,6-12H2.